The largest absolute Gasteiger partial charge is 0.457 e. The molecule has 0 aliphatic rings. The van der Waals surface area contributed by atoms with Gasteiger partial charge in [-0.15, -0.1) is 0 Å². The van der Waals surface area contributed by atoms with Gasteiger partial charge in [-0.1, -0.05) is 87.5 Å². The number of hydrogen-bond acceptors (Lipinski definition) is 5. The van der Waals surface area contributed by atoms with Crippen LogP contribution in [-0.2, 0) is 18.7 Å². The van der Waals surface area contributed by atoms with Crippen molar-refractivity contribution >= 4 is 30.8 Å². The van der Waals surface area contributed by atoms with Crippen LogP contribution in [-0.4, -0.2) is 45.2 Å². The quantitative estimate of drug-likeness (QED) is 0.292. The second-order valence-electron chi connectivity index (χ2n) is 10.8. The maximum Gasteiger partial charge on any atom is 0.408 e. The van der Waals surface area contributed by atoms with E-state index in [4.69, 9.17) is 13.9 Å². The van der Waals surface area contributed by atoms with E-state index in [9.17, 15) is 9.59 Å². The lowest BCUT2D eigenvalue weighted by molar-refractivity contribution is -0.145. The monoisotopic (exact) mass is 511 g/mol. The van der Waals surface area contributed by atoms with E-state index in [2.05, 4.69) is 50.4 Å². The molecule has 7 heteroatoms. The standard InChI is InChI=1S/C29H41NO5Si/c1-9-23(22(2)34-26(31)20-30-27(32)35-28(3,4)5)21-33-36(29(6,7)8,24-16-12-10-13-17-24)25-18-14-11-15-19-25/h9-19,22H,20-21H2,1-8H3,(H,30,32)/b23-9-/t22-/m1/s1. The van der Waals surface area contributed by atoms with Gasteiger partial charge in [0, 0.05) is 0 Å². The zero-order chi connectivity index (χ0) is 27.0. The van der Waals surface area contributed by atoms with Gasteiger partial charge in [0.05, 0.1) is 6.61 Å². The van der Waals surface area contributed by atoms with Gasteiger partial charge in [0.15, 0.2) is 0 Å². The summed E-state index contributed by atoms with van der Waals surface area (Å²) in [5.41, 5.74) is 0.214. The van der Waals surface area contributed by atoms with Crippen molar-refractivity contribution in [2.75, 3.05) is 13.2 Å². The summed E-state index contributed by atoms with van der Waals surface area (Å²) in [6, 6.07) is 20.8. The summed E-state index contributed by atoms with van der Waals surface area (Å²) in [5, 5.41) is 4.65. The summed E-state index contributed by atoms with van der Waals surface area (Å²) in [6.45, 7) is 15.7. The highest BCUT2D eigenvalue weighted by molar-refractivity contribution is 6.99. The number of alkyl carbamates (subject to hydrolysis) is 1. The lowest BCUT2D eigenvalue weighted by atomic mass is 10.2. The summed E-state index contributed by atoms with van der Waals surface area (Å²) in [4.78, 5) is 24.2. The highest BCUT2D eigenvalue weighted by atomic mass is 28.4. The Morgan fingerprint density at radius 1 is 0.917 bits per heavy atom. The molecule has 36 heavy (non-hydrogen) atoms. The van der Waals surface area contributed by atoms with Crippen LogP contribution < -0.4 is 15.7 Å². The molecule has 1 atom stereocenters. The Balaban J connectivity index is 2.20. The molecule has 1 N–H and O–H groups in total. The third-order valence-corrected chi connectivity index (χ3v) is 10.8. The van der Waals surface area contributed by atoms with Crippen molar-refractivity contribution in [1.82, 2.24) is 5.32 Å². The molecule has 0 aliphatic heterocycles. The molecule has 0 aliphatic carbocycles. The number of allylic oxidation sites excluding steroid dienone is 1. The smallest absolute Gasteiger partial charge is 0.408 e. The molecule has 0 saturated heterocycles. The van der Waals surface area contributed by atoms with E-state index in [0.717, 1.165) is 5.57 Å². The molecule has 2 rings (SSSR count). The van der Waals surface area contributed by atoms with Gasteiger partial charge in [-0.25, -0.2) is 4.79 Å². The van der Waals surface area contributed by atoms with Crippen LogP contribution in [0.1, 0.15) is 55.4 Å². The number of nitrogens with one attached hydrogen (secondary N) is 1. The van der Waals surface area contributed by atoms with Gasteiger partial charge in [0.25, 0.3) is 8.32 Å². The van der Waals surface area contributed by atoms with E-state index in [1.807, 2.05) is 56.3 Å². The lowest BCUT2D eigenvalue weighted by Gasteiger charge is -2.43. The third kappa shape index (κ3) is 7.80. The first-order valence-electron chi connectivity index (χ1n) is 12.4. The molecular formula is C29H41NO5Si. The minimum Gasteiger partial charge on any atom is -0.457 e. The number of amides is 1. The summed E-state index contributed by atoms with van der Waals surface area (Å²) in [6.07, 6.45) is 0.756. The van der Waals surface area contributed by atoms with Crippen molar-refractivity contribution < 1.29 is 23.5 Å². The Morgan fingerprint density at radius 2 is 1.42 bits per heavy atom. The van der Waals surface area contributed by atoms with E-state index >= 15 is 0 Å². The number of carbonyl (C=O) groups is 2. The number of carbonyl (C=O) groups excluding carboxylic acids is 2. The topological polar surface area (TPSA) is 73.9 Å². The van der Waals surface area contributed by atoms with Crippen molar-refractivity contribution in [2.45, 2.75) is 72.1 Å². The Bertz CT molecular complexity index is 984. The Kier molecular flexibility index (Phi) is 10.1. The maximum atomic E-state index is 12.4. The molecule has 2 aromatic rings. The molecule has 0 heterocycles. The average molecular weight is 512 g/mol. The predicted octanol–water partition coefficient (Wildman–Crippen LogP) is 4.97. The van der Waals surface area contributed by atoms with Gasteiger partial charge in [-0.2, -0.15) is 0 Å². The van der Waals surface area contributed by atoms with Crippen molar-refractivity contribution in [1.29, 1.82) is 0 Å². The average Bonchev–Trinajstić information content (AvgIpc) is 2.80. The Labute approximate surface area is 217 Å². The lowest BCUT2D eigenvalue weighted by Crippen LogP contribution is -2.66. The second-order valence-corrected chi connectivity index (χ2v) is 15.1. The molecule has 0 spiro atoms. The van der Waals surface area contributed by atoms with Crippen LogP contribution in [0.3, 0.4) is 0 Å². The van der Waals surface area contributed by atoms with Crippen LogP contribution in [0.2, 0.25) is 5.04 Å². The van der Waals surface area contributed by atoms with Crippen LogP contribution in [0.15, 0.2) is 72.3 Å². The number of benzene rings is 2. The summed E-state index contributed by atoms with van der Waals surface area (Å²) in [5.74, 6) is -0.543. The van der Waals surface area contributed by atoms with Gasteiger partial charge in [0.1, 0.15) is 18.2 Å². The molecule has 2 aromatic carbocycles. The molecule has 0 radical (unpaired) electrons. The third-order valence-electron chi connectivity index (χ3n) is 5.85. The van der Waals surface area contributed by atoms with Gasteiger partial charge >= 0.3 is 12.1 Å². The molecule has 0 fully saturated rings. The fourth-order valence-electron chi connectivity index (χ4n) is 4.16. The minimum absolute atomic E-state index is 0.161. The molecule has 196 valence electrons. The van der Waals surface area contributed by atoms with E-state index < -0.39 is 32.1 Å². The van der Waals surface area contributed by atoms with Crippen LogP contribution in [0.4, 0.5) is 4.79 Å². The van der Waals surface area contributed by atoms with Gasteiger partial charge in [-0.05, 0) is 55.6 Å². The first-order valence-corrected chi connectivity index (χ1v) is 14.3. The number of rotatable bonds is 9. The highest BCUT2D eigenvalue weighted by Crippen LogP contribution is 2.37. The van der Waals surface area contributed by atoms with Gasteiger partial charge in [-0.3, -0.25) is 4.79 Å². The van der Waals surface area contributed by atoms with E-state index in [-0.39, 0.29) is 11.6 Å². The maximum absolute atomic E-state index is 12.4. The first-order chi connectivity index (χ1) is 16.8. The van der Waals surface area contributed by atoms with Crippen LogP contribution in [0, 0.1) is 0 Å². The molecule has 0 bridgehead atoms. The highest BCUT2D eigenvalue weighted by Gasteiger charge is 2.50. The van der Waals surface area contributed by atoms with Crippen LogP contribution in [0.25, 0.3) is 0 Å². The molecule has 0 saturated carbocycles. The van der Waals surface area contributed by atoms with Crippen molar-refractivity contribution in [3.8, 4) is 0 Å². The summed E-state index contributed by atoms with van der Waals surface area (Å²) in [7, 11) is -2.72. The minimum atomic E-state index is -2.72. The summed E-state index contributed by atoms with van der Waals surface area (Å²) >= 11 is 0. The number of hydrogen-bond donors (Lipinski definition) is 1. The van der Waals surface area contributed by atoms with Crippen molar-refractivity contribution in [3.63, 3.8) is 0 Å². The van der Waals surface area contributed by atoms with Gasteiger partial charge < -0.3 is 19.2 Å². The molecule has 0 aromatic heterocycles. The zero-order valence-electron chi connectivity index (χ0n) is 22.9. The van der Waals surface area contributed by atoms with E-state index in [0.29, 0.717) is 6.61 Å². The Morgan fingerprint density at radius 3 is 1.83 bits per heavy atom. The zero-order valence-corrected chi connectivity index (χ0v) is 23.9. The number of esters is 1. The predicted molar refractivity (Wildman–Crippen MR) is 147 cm³/mol. The van der Waals surface area contributed by atoms with Gasteiger partial charge in [0.2, 0.25) is 0 Å². The van der Waals surface area contributed by atoms with Crippen LogP contribution in [0.5, 0.6) is 0 Å². The molecule has 6 nitrogen and oxygen atoms in total. The summed E-state index contributed by atoms with van der Waals surface area (Å²) < 4.78 is 17.7. The number of ether oxygens (including phenoxy) is 2. The molecule has 1 amide bonds. The van der Waals surface area contributed by atoms with E-state index in [1.54, 1.807) is 20.8 Å². The van der Waals surface area contributed by atoms with Crippen molar-refractivity contribution in [2.24, 2.45) is 0 Å². The first kappa shape index (κ1) is 29.3. The van der Waals surface area contributed by atoms with Crippen LogP contribution >= 0.6 is 0 Å². The molecule has 0 unspecified atom stereocenters. The normalized spacial score (nSPS) is 13.6. The molecular weight excluding hydrogens is 470 g/mol. The SMILES string of the molecule is C/C=C(/CO[Si](c1ccccc1)(c1ccccc1)C(C)(C)C)[C@@H](C)OC(=O)CNC(=O)OC(C)(C)C. The van der Waals surface area contributed by atoms with E-state index in [1.165, 1.54) is 10.4 Å². The fourth-order valence-corrected chi connectivity index (χ4v) is 8.70. The second kappa shape index (κ2) is 12.4. The fraction of sp³-hybridized carbons (Fsp3) is 0.448. The van der Waals surface area contributed by atoms with Crippen molar-refractivity contribution in [3.05, 3.63) is 72.3 Å². The Hall–Kier alpha value is -2.90.